The Morgan fingerprint density at radius 3 is 2.25 bits per heavy atom. The number of rotatable bonds is 5. The van der Waals surface area contributed by atoms with Gasteiger partial charge in [-0.15, -0.1) is 0 Å². The van der Waals surface area contributed by atoms with Crippen molar-refractivity contribution < 1.29 is 4.79 Å². The minimum Gasteiger partial charge on any atom is -0.303 e. The number of hydrogen-bond acceptors (Lipinski definition) is 1. The van der Waals surface area contributed by atoms with Crippen LogP contribution >= 0.6 is 0 Å². The Morgan fingerprint density at radius 2 is 1.70 bits per heavy atom. The highest BCUT2D eigenvalue weighted by Crippen LogP contribution is 2.22. The summed E-state index contributed by atoms with van der Waals surface area (Å²) in [5.41, 5.74) is 4.86. The van der Waals surface area contributed by atoms with E-state index in [0.29, 0.717) is 5.92 Å². The molecule has 0 amide bonds. The van der Waals surface area contributed by atoms with Gasteiger partial charge in [-0.2, -0.15) is 0 Å². The molecule has 0 bridgehead atoms. The van der Waals surface area contributed by atoms with Crippen molar-refractivity contribution in [1.82, 2.24) is 0 Å². The lowest BCUT2D eigenvalue weighted by atomic mass is 9.91. The van der Waals surface area contributed by atoms with E-state index in [1.807, 2.05) is 12.1 Å². The summed E-state index contributed by atoms with van der Waals surface area (Å²) in [6, 6.07) is 16.8. The van der Waals surface area contributed by atoms with Gasteiger partial charge < -0.3 is 4.79 Å². The highest BCUT2D eigenvalue weighted by Gasteiger charge is 2.11. The Balaban J connectivity index is 2.16. The third-order valence-electron chi connectivity index (χ3n) is 3.74. The van der Waals surface area contributed by atoms with Crippen LogP contribution in [0.3, 0.4) is 0 Å². The van der Waals surface area contributed by atoms with E-state index in [-0.39, 0.29) is 5.92 Å². The Bertz CT molecular complexity index is 567. The van der Waals surface area contributed by atoms with Crippen LogP contribution in [0.1, 0.15) is 47.9 Å². The number of carbonyl (C=O) groups is 1. The maximum atomic E-state index is 11.4. The standard InChI is InChI=1S/C19H22O/c1-14(2)17-9-7-16(8-10-17)12-19(13-20)18-6-4-5-15(3)11-18/h4-11,13-14,19H,12H2,1-3H3. The van der Waals surface area contributed by atoms with Gasteiger partial charge in [-0.1, -0.05) is 67.9 Å². The molecule has 1 unspecified atom stereocenters. The Kier molecular flexibility index (Phi) is 4.73. The zero-order valence-corrected chi connectivity index (χ0v) is 12.5. The third kappa shape index (κ3) is 3.57. The average Bonchev–Trinajstić information content (AvgIpc) is 2.45. The first kappa shape index (κ1) is 14.5. The van der Waals surface area contributed by atoms with Crippen molar-refractivity contribution in [3.05, 3.63) is 70.8 Å². The third-order valence-corrected chi connectivity index (χ3v) is 3.74. The summed E-state index contributed by atoms with van der Waals surface area (Å²) in [5.74, 6) is 0.488. The first-order valence-electron chi connectivity index (χ1n) is 7.21. The summed E-state index contributed by atoms with van der Waals surface area (Å²) in [4.78, 5) is 11.4. The molecule has 0 aliphatic heterocycles. The number of aryl methyl sites for hydroxylation is 1. The predicted octanol–water partition coefficient (Wildman–Crippen LogP) is 4.64. The van der Waals surface area contributed by atoms with Crippen LogP contribution in [0.2, 0.25) is 0 Å². The van der Waals surface area contributed by atoms with E-state index in [9.17, 15) is 4.79 Å². The number of carbonyl (C=O) groups excluding carboxylic acids is 1. The second-order valence-corrected chi connectivity index (χ2v) is 5.76. The van der Waals surface area contributed by atoms with Crippen LogP contribution in [-0.2, 0) is 11.2 Å². The molecule has 0 aliphatic carbocycles. The molecule has 0 saturated heterocycles. The van der Waals surface area contributed by atoms with Crippen LogP contribution in [0.4, 0.5) is 0 Å². The van der Waals surface area contributed by atoms with Gasteiger partial charge in [-0.3, -0.25) is 0 Å². The SMILES string of the molecule is Cc1cccc(C(C=O)Cc2ccc(C(C)C)cc2)c1. The molecule has 1 nitrogen and oxygen atoms in total. The van der Waals surface area contributed by atoms with Crippen LogP contribution in [0.25, 0.3) is 0 Å². The van der Waals surface area contributed by atoms with Gasteiger partial charge >= 0.3 is 0 Å². The van der Waals surface area contributed by atoms with Gasteiger partial charge in [0.1, 0.15) is 6.29 Å². The van der Waals surface area contributed by atoms with Crippen LogP contribution < -0.4 is 0 Å². The molecule has 0 saturated carbocycles. The summed E-state index contributed by atoms with van der Waals surface area (Å²) in [7, 11) is 0. The molecule has 2 rings (SSSR count). The first-order valence-corrected chi connectivity index (χ1v) is 7.21. The lowest BCUT2D eigenvalue weighted by molar-refractivity contribution is -0.109. The van der Waals surface area contributed by atoms with E-state index in [1.165, 1.54) is 16.7 Å². The van der Waals surface area contributed by atoms with Crippen molar-refractivity contribution in [3.63, 3.8) is 0 Å². The number of aldehydes is 1. The fourth-order valence-electron chi connectivity index (χ4n) is 2.44. The second kappa shape index (κ2) is 6.51. The number of hydrogen-bond donors (Lipinski definition) is 0. The lowest BCUT2D eigenvalue weighted by Gasteiger charge is -2.13. The molecule has 2 aromatic rings. The highest BCUT2D eigenvalue weighted by atomic mass is 16.1. The molecule has 20 heavy (non-hydrogen) atoms. The quantitative estimate of drug-likeness (QED) is 0.720. The van der Waals surface area contributed by atoms with E-state index in [4.69, 9.17) is 0 Å². The summed E-state index contributed by atoms with van der Waals surface area (Å²) < 4.78 is 0. The Hall–Kier alpha value is -1.89. The van der Waals surface area contributed by atoms with E-state index in [2.05, 4.69) is 57.2 Å². The molecule has 104 valence electrons. The molecule has 0 aliphatic rings. The molecular formula is C19H22O. The normalized spacial score (nSPS) is 12.4. The predicted molar refractivity (Wildman–Crippen MR) is 84.2 cm³/mol. The zero-order chi connectivity index (χ0) is 14.5. The largest absolute Gasteiger partial charge is 0.303 e. The van der Waals surface area contributed by atoms with Gasteiger partial charge in [-0.05, 0) is 36.0 Å². The zero-order valence-electron chi connectivity index (χ0n) is 12.5. The van der Waals surface area contributed by atoms with E-state index in [1.54, 1.807) is 0 Å². The summed E-state index contributed by atoms with van der Waals surface area (Å²) in [6.07, 6.45) is 1.83. The van der Waals surface area contributed by atoms with Crippen molar-refractivity contribution in [2.45, 2.75) is 39.0 Å². The topological polar surface area (TPSA) is 17.1 Å². The van der Waals surface area contributed by atoms with Crippen molar-refractivity contribution in [2.24, 2.45) is 0 Å². The molecule has 0 heterocycles. The molecule has 1 atom stereocenters. The summed E-state index contributed by atoms with van der Waals surface area (Å²) in [5, 5.41) is 0. The molecule has 0 spiro atoms. The molecule has 0 fully saturated rings. The maximum absolute atomic E-state index is 11.4. The highest BCUT2D eigenvalue weighted by molar-refractivity contribution is 5.63. The Labute approximate surface area is 121 Å². The van der Waals surface area contributed by atoms with Crippen molar-refractivity contribution in [1.29, 1.82) is 0 Å². The number of benzene rings is 2. The van der Waals surface area contributed by atoms with E-state index < -0.39 is 0 Å². The monoisotopic (exact) mass is 266 g/mol. The van der Waals surface area contributed by atoms with Crippen LogP contribution in [-0.4, -0.2) is 6.29 Å². The molecule has 0 aromatic heterocycles. The fraction of sp³-hybridized carbons (Fsp3) is 0.316. The van der Waals surface area contributed by atoms with Gasteiger partial charge in [0.25, 0.3) is 0 Å². The van der Waals surface area contributed by atoms with E-state index >= 15 is 0 Å². The minimum absolute atomic E-state index is 0.0557. The lowest BCUT2D eigenvalue weighted by Crippen LogP contribution is -2.05. The van der Waals surface area contributed by atoms with Gasteiger partial charge in [0.05, 0.1) is 0 Å². The van der Waals surface area contributed by atoms with Crippen molar-refractivity contribution in [3.8, 4) is 0 Å². The molecular weight excluding hydrogens is 244 g/mol. The van der Waals surface area contributed by atoms with Gasteiger partial charge in [-0.25, -0.2) is 0 Å². The molecule has 0 N–H and O–H groups in total. The molecule has 1 heteroatoms. The summed E-state index contributed by atoms with van der Waals surface area (Å²) >= 11 is 0. The van der Waals surface area contributed by atoms with Gasteiger partial charge in [0.15, 0.2) is 0 Å². The van der Waals surface area contributed by atoms with Crippen LogP contribution in [0, 0.1) is 6.92 Å². The van der Waals surface area contributed by atoms with Crippen molar-refractivity contribution in [2.75, 3.05) is 0 Å². The molecule has 0 radical (unpaired) electrons. The summed E-state index contributed by atoms with van der Waals surface area (Å²) in [6.45, 7) is 6.44. The minimum atomic E-state index is -0.0557. The van der Waals surface area contributed by atoms with E-state index in [0.717, 1.165) is 18.3 Å². The van der Waals surface area contributed by atoms with Gasteiger partial charge in [0.2, 0.25) is 0 Å². The van der Waals surface area contributed by atoms with Crippen molar-refractivity contribution >= 4 is 6.29 Å². The fourth-order valence-corrected chi connectivity index (χ4v) is 2.44. The Morgan fingerprint density at radius 1 is 1.00 bits per heavy atom. The first-order chi connectivity index (χ1) is 9.60. The maximum Gasteiger partial charge on any atom is 0.127 e. The molecule has 2 aromatic carbocycles. The smallest absolute Gasteiger partial charge is 0.127 e. The van der Waals surface area contributed by atoms with Gasteiger partial charge in [0, 0.05) is 5.92 Å². The second-order valence-electron chi connectivity index (χ2n) is 5.76. The van der Waals surface area contributed by atoms with Crippen LogP contribution in [0.5, 0.6) is 0 Å². The van der Waals surface area contributed by atoms with Crippen LogP contribution in [0.15, 0.2) is 48.5 Å². The average molecular weight is 266 g/mol.